The molecule has 0 aromatic carbocycles. The normalized spacial score (nSPS) is 10.5. The van der Waals surface area contributed by atoms with E-state index in [0.29, 0.717) is 11.3 Å². The van der Waals surface area contributed by atoms with Gasteiger partial charge in [-0.25, -0.2) is 9.97 Å². The summed E-state index contributed by atoms with van der Waals surface area (Å²) in [5.41, 5.74) is 1.14. The van der Waals surface area contributed by atoms with Crippen molar-refractivity contribution in [1.82, 2.24) is 14.5 Å². The minimum Gasteiger partial charge on any atom is -0.409 e. The van der Waals surface area contributed by atoms with Crippen molar-refractivity contribution in [3.05, 3.63) is 59.4 Å². The Hall–Kier alpha value is -2.96. The van der Waals surface area contributed by atoms with Gasteiger partial charge in [-0.3, -0.25) is 14.7 Å². The lowest BCUT2D eigenvalue weighted by Crippen LogP contribution is -1.91. The maximum absolute atomic E-state index is 10.5. The summed E-state index contributed by atoms with van der Waals surface area (Å²) in [6, 6.07) is 6.86. The van der Waals surface area contributed by atoms with Gasteiger partial charge in [0, 0.05) is 18.0 Å². The van der Waals surface area contributed by atoms with Gasteiger partial charge >= 0.3 is 5.88 Å². The van der Waals surface area contributed by atoms with Crippen LogP contribution in [-0.2, 0) is 0 Å². The third kappa shape index (κ3) is 2.08. The summed E-state index contributed by atoms with van der Waals surface area (Å²) in [6.45, 7) is 0. The minimum absolute atomic E-state index is 0.303. The third-order valence-corrected chi connectivity index (χ3v) is 2.56. The van der Waals surface area contributed by atoms with Crippen molar-refractivity contribution in [1.29, 1.82) is 0 Å². The molecule has 0 atom stereocenters. The van der Waals surface area contributed by atoms with Crippen LogP contribution in [0.1, 0.15) is 0 Å². The lowest BCUT2D eigenvalue weighted by molar-refractivity contribution is -0.402. The molecule has 0 aliphatic carbocycles. The van der Waals surface area contributed by atoms with Crippen LogP contribution in [0.15, 0.2) is 53.7 Å². The number of hydrogen-bond acceptors (Lipinski definition) is 5. The van der Waals surface area contributed by atoms with E-state index >= 15 is 0 Å². The molecule has 3 rings (SSSR count). The number of furan rings is 1. The van der Waals surface area contributed by atoms with Gasteiger partial charge in [-0.1, -0.05) is 6.07 Å². The van der Waals surface area contributed by atoms with E-state index in [-0.39, 0.29) is 5.88 Å². The zero-order chi connectivity index (χ0) is 13.2. The average Bonchev–Trinajstić information content (AvgIpc) is 3.09. The standard InChI is InChI=1S/C12H8N4O3/c17-16(18)12-5-9(7-19-12)10-6-15(8-14-10)11-3-1-2-4-13-11/h1-8H. The van der Waals surface area contributed by atoms with Crippen LogP contribution in [0.25, 0.3) is 17.1 Å². The number of hydrogen-bond donors (Lipinski definition) is 0. The Balaban J connectivity index is 1.94. The molecule has 0 spiro atoms. The van der Waals surface area contributed by atoms with Crippen LogP contribution >= 0.6 is 0 Å². The molecule has 0 amide bonds. The van der Waals surface area contributed by atoms with Gasteiger partial charge in [0.15, 0.2) is 0 Å². The van der Waals surface area contributed by atoms with E-state index in [0.717, 1.165) is 5.82 Å². The zero-order valence-electron chi connectivity index (χ0n) is 9.63. The van der Waals surface area contributed by atoms with Crippen LogP contribution in [0, 0.1) is 10.1 Å². The van der Waals surface area contributed by atoms with E-state index in [1.54, 1.807) is 23.3 Å². The lowest BCUT2D eigenvalue weighted by atomic mass is 10.2. The number of aromatic nitrogens is 3. The molecule has 0 fully saturated rings. The summed E-state index contributed by atoms with van der Waals surface area (Å²) < 4.78 is 6.56. The quantitative estimate of drug-likeness (QED) is 0.530. The summed E-state index contributed by atoms with van der Waals surface area (Å²) in [5.74, 6) is 0.418. The Kier molecular flexibility index (Phi) is 2.57. The van der Waals surface area contributed by atoms with E-state index < -0.39 is 4.92 Å². The van der Waals surface area contributed by atoms with Crippen LogP contribution in [0.2, 0.25) is 0 Å². The van der Waals surface area contributed by atoms with Crippen LogP contribution in [-0.4, -0.2) is 19.5 Å². The molecule has 7 nitrogen and oxygen atoms in total. The molecule has 0 aliphatic heterocycles. The monoisotopic (exact) mass is 256 g/mol. The highest BCUT2D eigenvalue weighted by Gasteiger charge is 2.14. The van der Waals surface area contributed by atoms with Crippen molar-refractivity contribution < 1.29 is 9.34 Å². The second-order valence-corrected chi connectivity index (χ2v) is 3.78. The third-order valence-electron chi connectivity index (χ3n) is 2.56. The highest BCUT2D eigenvalue weighted by atomic mass is 16.6. The maximum atomic E-state index is 10.5. The summed E-state index contributed by atoms with van der Waals surface area (Å²) >= 11 is 0. The van der Waals surface area contributed by atoms with Crippen molar-refractivity contribution in [2.24, 2.45) is 0 Å². The van der Waals surface area contributed by atoms with Crippen LogP contribution in [0.3, 0.4) is 0 Å². The van der Waals surface area contributed by atoms with Gasteiger partial charge in [0.1, 0.15) is 23.3 Å². The first-order chi connectivity index (χ1) is 9.24. The molecule has 94 valence electrons. The second kappa shape index (κ2) is 4.37. The molecule has 0 aliphatic rings. The molecular weight excluding hydrogens is 248 g/mol. The van der Waals surface area contributed by atoms with Gasteiger partial charge in [0.2, 0.25) is 0 Å². The average molecular weight is 256 g/mol. The molecule has 0 bridgehead atoms. The van der Waals surface area contributed by atoms with Gasteiger partial charge in [-0.2, -0.15) is 0 Å². The highest BCUT2D eigenvalue weighted by Crippen LogP contribution is 2.24. The lowest BCUT2D eigenvalue weighted by Gasteiger charge is -1.97. The predicted molar refractivity (Wildman–Crippen MR) is 65.7 cm³/mol. The molecule has 3 aromatic heterocycles. The Morgan fingerprint density at radius 1 is 1.32 bits per heavy atom. The molecule has 19 heavy (non-hydrogen) atoms. The van der Waals surface area contributed by atoms with Gasteiger partial charge in [0.25, 0.3) is 0 Å². The van der Waals surface area contributed by atoms with E-state index in [1.807, 2.05) is 18.2 Å². The fraction of sp³-hybridized carbons (Fsp3) is 0. The summed E-state index contributed by atoms with van der Waals surface area (Å²) in [4.78, 5) is 18.3. The summed E-state index contributed by atoms with van der Waals surface area (Å²) in [6.07, 6.45) is 6.31. The molecule has 0 saturated carbocycles. The Bertz CT molecular complexity index is 717. The van der Waals surface area contributed by atoms with Gasteiger partial charge in [0.05, 0.1) is 11.8 Å². The van der Waals surface area contributed by atoms with Crippen molar-refractivity contribution in [3.63, 3.8) is 0 Å². The number of nitro groups is 1. The largest absolute Gasteiger partial charge is 0.433 e. The number of imidazole rings is 1. The van der Waals surface area contributed by atoms with E-state index in [1.165, 1.54) is 12.3 Å². The fourth-order valence-electron chi connectivity index (χ4n) is 1.66. The van der Waals surface area contributed by atoms with Crippen molar-refractivity contribution >= 4 is 5.88 Å². The van der Waals surface area contributed by atoms with Crippen LogP contribution < -0.4 is 0 Å². The minimum atomic E-state index is -0.584. The fourth-order valence-corrected chi connectivity index (χ4v) is 1.66. The van der Waals surface area contributed by atoms with E-state index in [4.69, 9.17) is 4.42 Å². The maximum Gasteiger partial charge on any atom is 0.433 e. The smallest absolute Gasteiger partial charge is 0.409 e. The predicted octanol–water partition coefficient (Wildman–Crippen LogP) is 2.44. The van der Waals surface area contributed by atoms with Crippen LogP contribution in [0.4, 0.5) is 5.88 Å². The molecule has 0 N–H and O–H groups in total. The summed E-state index contributed by atoms with van der Waals surface area (Å²) in [5, 5.41) is 10.5. The second-order valence-electron chi connectivity index (χ2n) is 3.78. The zero-order valence-corrected chi connectivity index (χ0v) is 9.63. The van der Waals surface area contributed by atoms with Gasteiger partial charge in [-0.05, 0) is 12.1 Å². The first-order valence-corrected chi connectivity index (χ1v) is 5.43. The summed E-state index contributed by atoms with van der Waals surface area (Å²) in [7, 11) is 0. The van der Waals surface area contributed by atoms with Gasteiger partial charge in [-0.15, -0.1) is 0 Å². The molecule has 7 heteroatoms. The Morgan fingerprint density at radius 3 is 2.89 bits per heavy atom. The number of nitrogens with zero attached hydrogens (tertiary/aromatic N) is 4. The first kappa shape index (κ1) is 11.1. The van der Waals surface area contributed by atoms with Crippen LogP contribution in [0.5, 0.6) is 0 Å². The number of pyridine rings is 1. The van der Waals surface area contributed by atoms with Crippen molar-refractivity contribution in [3.8, 4) is 17.1 Å². The van der Waals surface area contributed by atoms with Crippen molar-refractivity contribution in [2.75, 3.05) is 0 Å². The molecule has 3 aromatic rings. The highest BCUT2D eigenvalue weighted by molar-refractivity contribution is 5.59. The number of rotatable bonds is 3. The van der Waals surface area contributed by atoms with E-state index in [9.17, 15) is 10.1 Å². The van der Waals surface area contributed by atoms with Gasteiger partial charge < -0.3 is 4.42 Å². The van der Waals surface area contributed by atoms with Crippen molar-refractivity contribution in [2.45, 2.75) is 0 Å². The molecule has 3 heterocycles. The molecule has 0 saturated heterocycles. The first-order valence-electron chi connectivity index (χ1n) is 5.43. The SMILES string of the molecule is O=[N+]([O-])c1cc(-c2cn(-c3ccccn3)cn2)co1. The Morgan fingerprint density at radius 2 is 2.21 bits per heavy atom. The molecule has 0 radical (unpaired) electrons. The molecule has 0 unspecified atom stereocenters. The molecular formula is C12H8N4O3. The van der Waals surface area contributed by atoms with E-state index in [2.05, 4.69) is 9.97 Å². The Labute approximate surface area is 107 Å². The topological polar surface area (TPSA) is 87.0 Å².